The average molecular weight is 94.1 g/mol. The van der Waals surface area contributed by atoms with Crippen molar-refractivity contribution in [3.63, 3.8) is 0 Å². The van der Waals surface area contributed by atoms with Gasteiger partial charge in [0.25, 0.3) is 6.47 Å². The van der Waals surface area contributed by atoms with Crippen molar-refractivity contribution in [2.75, 3.05) is 6.79 Å². The zero-order valence-corrected chi connectivity index (χ0v) is 3.03. The third-order valence-electron chi connectivity index (χ3n) is 0. The summed E-state index contributed by atoms with van der Waals surface area (Å²) >= 11 is 0. The van der Waals surface area contributed by atoms with E-state index in [1.807, 2.05) is 0 Å². The third kappa shape index (κ3) is 52.0. The second-order valence-corrected chi connectivity index (χ2v) is 0.247. The lowest BCUT2D eigenvalue weighted by Crippen LogP contribution is -1.66. The van der Waals surface area contributed by atoms with Crippen LogP contribution in [0.3, 0.4) is 0 Å². The highest BCUT2D eigenvalue weighted by atomic mass is 16.5. The molecule has 0 aromatic heterocycles. The molecular weight excluding hydrogens is 88.0 g/mol. The van der Waals surface area contributed by atoms with Gasteiger partial charge in [-0.25, -0.2) is 0 Å². The van der Waals surface area contributed by atoms with Crippen molar-refractivity contribution in [2.24, 2.45) is 0 Å². The number of hydrogen-bond donors (Lipinski definition) is 3. The second-order valence-electron chi connectivity index (χ2n) is 0.247. The molecule has 38 valence electrons. The molecule has 0 rings (SSSR count). The number of rotatable bonds is 0. The van der Waals surface area contributed by atoms with Gasteiger partial charge in [-0.05, 0) is 0 Å². The van der Waals surface area contributed by atoms with E-state index in [-0.39, 0.29) is 6.47 Å². The summed E-state index contributed by atoms with van der Waals surface area (Å²) in [4.78, 5) is 8.36. The van der Waals surface area contributed by atoms with Crippen LogP contribution >= 0.6 is 0 Å². The largest absolute Gasteiger partial charge is 0.483 e. The van der Waals surface area contributed by atoms with Crippen molar-refractivity contribution >= 4 is 6.47 Å². The monoisotopic (exact) mass is 94.0 g/mol. The first-order valence-electron chi connectivity index (χ1n) is 1.13. The Balaban J connectivity index is 0. The van der Waals surface area contributed by atoms with Crippen molar-refractivity contribution < 1.29 is 20.1 Å². The van der Waals surface area contributed by atoms with Crippen molar-refractivity contribution in [3.05, 3.63) is 0 Å². The first kappa shape index (κ1) is 9.04. The van der Waals surface area contributed by atoms with Gasteiger partial charge in [0.05, 0.1) is 0 Å². The molecule has 0 aliphatic rings. The highest BCUT2D eigenvalue weighted by molar-refractivity contribution is 5.32. The zero-order valence-electron chi connectivity index (χ0n) is 3.03. The molecule has 0 aliphatic heterocycles. The van der Waals surface area contributed by atoms with E-state index in [2.05, 4.69) is 0 Å². The van der Waals surface area contributed by atoms with E-state index in [4.69, 9.17) is 20.1 Å². The van der Waals surface area contributed by atoms with Crippen LogP contribution in [0.1, 0.15) is 0 Å². The van der Waals surface area contributed by atoms with Gasteiger partial charge in [-0.15, -0.1) is 0 Å². The Hall–Kier alpha value is -0.610. The Labute approximate surface area is 34.7 Å². The molecule has 4 heteroatoms. The van der Waals surface area contributed by atoms with Crippen LogP contribution in [-0.2, 0) is 4.79 Å². The lowest BCUT2D eigenvalue weighted by Gasteiger charge is -1.55. The van der Waals surface area contributed by atoms with E-state index < -0.39 is 6.79 Å². The van der Waals surface area contributed by atoms with Crippen LogP contribution in [0.5, 0.6) is 0 Å². The molecule has 6 heavy (non-hydrogen) atoms. The standard InChI is InChI=1S/CH4O2.CH2O2/c2*2-1-3/h2-3H,1H2;1H,(H,2,3). The maximum atomic E-state index is 8.36. The highest BCUT2D eigenvalue weighted by Crippen LogP contribution is 1.17. The molecule has 0 fully saturated rings. The fourth-order valence-electron chi connectivity index (χ4n) is 0. The molecule has 0 heterocycles. The van der Waals surface area contributed by atoms with Crippen molar-refractivity contribution in [1.82, 2.24) is 0 Å². The van der Waals surface area contributed by atoms with Crippen LogP contribution in [0.15, 0.2) is 0 Å². The molecule has 0 aromatic carbocycles. The summed E-state index contributed by atoms with van der Waals surface area (Å²) < 4.78 is 0. The maximum Gasteiger partial charge on any atom is 0.290 e. The van der Waals surface area contributed by atoms with Crippen molar-refractivity contribution in [3.8, 4) is 0 Å². The quantitative estimate of drug-likeness (QED) is 0.255. The fraction of sp³-hybridized carbons (Fsp3) is 0.500. The van der Waals surface area contributed by atoms with Crippen LogP contribution in [0.25, 0.3) is 0 Å². The minimum absolute atomic E-state index is 0.250. The van der Waals surface area contributed by atoms with Crippen molar-refractivity contribution in [1.29, 1.82) is 0 Å². The maximum absolute atomic E-state index is 8.36. The van der Waals surface area contributed by atoms with Gasteiger partial charge in [0.15, 0.2) is 0 Å². The summed E-state index contributed by atoms with van der Waals surface area (Å²) in [5.41, 5.74) is 0. The van der Waals surface area contributed by atoms with Crippen LogP contribution in [0.2, 0.25) is 0 Å². The molecule has 0 spiro atoms. The fourth-order valence-corrected chi connectivity index (χ4v) is 0. The van der Waals surface area contributed by atoms with E-state index in [1.165, 1.54) is 0 Å². The van der Waals surface area contributed by atoms with E-state index in [9.17, 15) is 0 Å². The minimum Gasteiger partial charge on any atom is -0.483 e. The molecule has 0 unspecified atom stereocenters. The van der Waals surface area contributed by atoms with Crippen LogP contribution < -0.4 is 0 Å². The third-order valence-corrected chi connectivity index (χ3v) is 0. The van der Waals surface area contributed by atoms with Gasteiger partial charge in [-0.1, -0.05) is 0 Å². The topological polar surface area (TPSA) is 77.8 Å². The summed E-state index contributed by atoms with van der Waals surface area (Å²) in [6, 6.07) is 0. The first-order chi connectivity index (χ1) is 2.83. The van der Waals surface area contributed by atoms with Gasteiger partial charge in [0.1, 0.15) is 6.79 Å². The number of aliphatic hydroxyl groups is 2. The molecule has 0 aromatic rings. The van der Waals surface area contributed by atoms with Crippen LogP contribution in [-0.4, -0.2) is 28.6 Å². The van der Waals surface area contributed by atoms with Gasteiger partial charge in [0.2, 0.25) is 0 Å². The summed E-state index contributed by atoms with van der Waals surface area (Å²) in [6.07, 6.45) is 0. The predicted molar refractivity (Wildman–Crippen MR) is 18.0 cm³/mol. The normalized spacial score (nSPS) is 5.00. The smallest absolute Gasteiger partial charge is 0.290 e. The number of carboxylic acid groups (broad SMARTS) is 1. The minimum atomic E-state index is -0.750. The van der Waals surface area contributed by atoms with Crippen molar-refractivity contribution in [2.45, 2.75) is 0 Å². The summed E-state index contributed by atoms with van der Waals surface area (Å²) in [5, 5.41) is 21.1. The molecule has 0 atom stereocenters. The summed E-state index contributed by atoms with van der Waals surface area (Å²) in [6.45, 7) is -1.00. The summed E-state index contributed by atoms with van der Waals surface area (Å²) in [7, 11) is 0. The number of hydrogen-bond acceptors (Lipinski definition) is 3. The number of carbonyl (C=O) groups is 1. The molecule has 4 nitrogen and oxygen atoms in total. The Morgan fingerprint density at radius 3 is 1.50 bits per heavy atom. The predicted octanol–water partition coefficient (Wildman–Crippen LogP) is -1.37. The SMILES string of the molecule is O=CO.OCO. The van der Waals surface area contributed by atoms with Crippen LogP contribution in [0, 0.1) is 0 Å². The van der Waals surface area contributed by atoms with E-state index in [1.54, 1.807) is 0 Å². The highest BCUT2D eigenvalue weighted by Gasteiger charge is 1.32. The molecule has 3 N–H and O–H groups in total. The second kappa shape index (κ2) is 26.1. The lowest BCUT2D eigenvalue weighted by molar-refractivity contribution is -0.122. The molecule has 0 saturated carbocycles. The summed E-state index contributed by atoms with van der Waals surface area (Å²) in [5.74, 6) is 0. The molecule has 0 bridgehead atoms. The Bertz CT molecular complexity index is 19.5. The molecule has 0 radical (unpaired) electrons. The molecular formula is C2H6O4. The van der Waals surface area contributed by atoms with E-state index in [0.29, 0.717) is 0 Å². The Kier molecular flexibility index (Phi) is 39.3. The van der Waals surface area contributed by atoms with Gasteiger partial charge in [-0.2, -0.15) is 0 Å². The average Bonchev–Trinajstić information content (AvgIpc) is 1.39. The molecule has 0 saturated heterocycles. The van der Waals surface area contributed by atoms with Gasteiger partial charge < -0.3 is 15.3 Å². The first-order valence-corrected chi connectivity index (χ1v) is 1.13. The zero-order chi connectivity index (χ0) is 5.41. The Morgan fingerprint density at radius 1 is 1.50 bits per heavy atom. The van der Waals surface area contributed by atoms with E-state index in [0.717, 1.165) is 0 Å². The van der Waals surface area contributed by atoms with Gasteiger partial charge >= 0.3 is 0 Å². The molecule has 0 aliphatic carbocycles. The number of aliphatic hydroxyl groups excluding tert-OH is 1. The van der Waals surface area contributed by atoms with Gasteiger partial charge in [-0.3, -0.25) is 4.79 Å². The Morgan fingerprint density at radius 2 is 1.50 bits per heavy atom. The van der Waals surface area contributed by atoms with Crippen LogP contribution in [0.4, 0.5) is 0 Å². The van der Waals surface area contributed by atoms with Gasteiger partial charge in [0, 0.05) is 0 Å². The lowest BCUT2D eigenvalue weighted by atomic mass is 11.6. The molecule has 0 amide bonds. The van der Waals surface area contributed by atoms with E-state index >= 15 is 0 Å².